The van der Waals surface area contributed by atoms with Crippen molar-refractivity contribution < 1.29 is 4.74 Å². The zero-order chi connectivity index (χ0) is 44.5. The minimum absolute atomic E-state index is 0.0249. The van der Waals surface area contributed by atoms with Crippen molar-refractivity contribution in [2.24, 2.45) is 12.0 Å². The van der Waals surface area contributed by atoms with Crippen LogP contribution in [0.2, 0.25) is 0 Å². The van der Waals surface area contributed by atoms with Crippen LogP contribution in [0, 0.1) is 0 Å². The molecule has 0 spiro atoms. The average Bonchev–Trinajstić information content (AvgIpc) is 3.55. The Morgan fingerprint density at radius 1 is 0.590 bits per heavy atom. The molecule has 0 aliphatic carbocycles. The lowest BCUT2D eigenvalue weighted by molar-refractivity contribution is 0.413. The van der Waals surface area contributed by atoms with Gasteiger partial charge in [-0.05, 0) is 78.8 Å². The second-order valence-corrected chi connectivity index (χ2v) is 20.7. The molecule has 0 aliphatic heterocycles. The number of benzene rings is 5. The molecule has 0 unspecified atom stereocenters. The molecule has 0 aliphatic rings. The van der Waals surface area contributed by atoms with Gasteiger partial charge in [0.25, 0.3) is 0 Å². The smallest absolute Gasteiger partial charge is 0.126 e. The van der Waals surface area contributed by atoms with Crippen molar-refractivity contribution in [3.05, 3.63) is 190 Å². The van der Waals surface area contributed by atoms with E-state index in [0.29, 0.717) is 6.42 Å². The van der Waals surface area contributed by atoms with Crippen LogP contribution < -0.4 is 4.74 Å². The van der Waals surface area contributed by atoms with E-state index in [0.717, 1.165) is 61.9 Å². The van der Waals surface area contributed by atoms with Crippen LogP contribution in [0.15, 0.2) is 151 Å². The number of aromatic nitrogens is 1. The number of hydrogen-bond acceptors (Lipinski definition) is 2. The quantitative estimate of drug-likeness (QED) is 0.127. The number of hydrogen-bond donors (Lipinski definition) is 0. The molecule has 1 heterocycles. The van der Waals surface area contributed by atoms with E-state index >= 15 is 0 Å². The van der Waals surface area contributed by atoms with Crippen molar-refractivity contribution in [1.82, 2.24) is 4.57 Å². The predicted molar refractivity (Wildman–Crippen MR) is 263 cm³/mol. The topological polar surface area (TPSA) is 26.5 Å². The maximum Gasteiger partial charge on any atom is 0.126 e. The summed E-state index contributed by atoms with van der Waals surface area (Å²) in [6.07, 6.45) is 2.48. The van der Waals surface area contributed by atoms with Crippen LogP contribution in [-0.4, -0.2) is 17.4 Å². The summed E-state index contributed by atoms with van der Waals surface area (Å²) in [5, 5.41) is 0. The van der Waals surface area contributed by atoms with Crippen LogP contribution in [0.3, 0.4) is 0 Å². The van der Waals surface area contributed by atoms with E-state index in [4.69, 9.17) is 9.73 Å². The van der Waals surface area contributed by atoms with Crippen LogP contribution in [0.5, 0.6) is 5.75 Å². The van der Waals surface area contributed by atoms with Crippen LogP contribution in [0.25, 0.3) is 28.0 Å². The number of nitrogens with zero attached hydrogens (tertiary/aromatic N) is 2. The van der Waals surface area contributed by atoms with Gasteiger partial charge >= 0.3 is 0 Å². The number of methoxy groups -OCH3 is 1. The molecule has 0 fully saturated rings. The number of rotatable bonds is 10. The van der Waals surface area contributed by atoms with Gasteiger partial charge in [-0.1, -0.05) is 205 Å². The zero-order valence-corrected chi connectivity index (χ0v) is 39.4. The molecule has 0 saturated heterocycles. The Kier molecular flexibility index (Phi) is 12.8. The molecular formula is C58H68N2O. The molecule has 0 radical (unpaired) electrons. The Hall–Kier alpha value is -5.67. The van der Waals surface area contributed by atoms with Crippen molar-refractivity contribution in [2.45, 2.75) is 111 Å². The summed E-state index contributed by atoms with van der Waals surface area (Å²) < 4.78 is 8.59. The molecule has 61 heavy (non-hydrogen) atoms. The van der Waals surface area contributed by atoms with Crippen molar-refractivity contribution in [1.29, 1.82) is 0 Å². The molecule has 3 heteroatoms. The van der Waals surface area contributed by atoms with Gasteiger partial charge in [-0.25, -0.2) is 0 Å². The lowest BCUT2D eigenvalue weighted by Crippen LogP contribution is -2.12. The van der Waals surface area contributed by atoms with E-state index < -0.39 is 0 Å². The highest BCUT2D eigenvalue weighted by molar-refractivity contribution is 6.09. The SMILES string of the molecule is C=CC(=N/C(Cc1ccc(C(C)(C)C)cc1)=C(/c1ccccc1OC)c1c(-c2ccc(C(C)(C)C)cc2)cc(-c2ccc(C(C)(C)C)cc2)n1C)c1ccc(C(C)(C)C)cc1. The van der Waals surface area contributed by atoms with Gasteiger partial charge in [-0.15, -0.1) is 0 Å². The van der Waals surface area contributed by atoms with Gasteiger partial charge in [0.05, 0.1) is 24.2 Å². The van der Waals surface area contributed by atoms with Crippen molar-refractivity contribution in [3.63, 3.8) is 0 Å². The molecule has 316 valence electrons. The molecule has 1 aromatic heterocycles. The molecule has 0 bridgehead atoms. The van der Waals surface area contributed by atoms with E-state index in [-0.39, 0.29) is 21.7 Å². The minimum Gasteiger partial charge on any atom is -0.496 e. The zero-order valence-electron chi connectivity index (χ0n) is 39.4. The second-order valence-electron chi connectivity index (χ2n) is 20.7. The van der Waals surface area contributed by atoms with Crippen LogP contribution >= 0.6 is 0 Å². The monoisotopic (exact) mass is 809 g/mol. The standard InChI is InChI=1S/C58H68N2O/c1-16-49(41-25-33-45(34-26-41)57(8,9)10)59-50(37-39-21-29-43(30-22-39)55(2,3)4)53(47-19-17-18-20-52(47)61-15)54-48(40-23-31-44(32-24-40)56(5,6)7)38-51(60(54)14)42-27-35-46(36-28-42)58(11,12)13/h16-36,38H,1,37H2,2-15H3/b53-50-,59-49?. The third-order valence-electron chi connectivity index (χ3n) is 11.9. The second kappa shape index (κ2) is 17.4. The fourth-order valence-electron chi connectivity index (χ4n) is 7.98. The van der Waals surface area contributed by atoms with E-state index in [1.807, 2.05) is 12.1 Å². The van der Waals surface area contributed by atoms with Gasteiger partial charge in [0, 0.05) is 41.4 Å². The normalized spacial score (nSPS) is 13.2. The van der Waals surface area contributed by atoms with Gasteiger partial charge in [0.1, 0.15) is 5.75 Å². The summed E-state index contributed by atoms with van der Waals surface area (Å²) in [7, 11) is 3.96. The molecule has 6 rings (SSSR count). The lowest BCUT2D eigenvalue weighted by Gasteiger charge is -2.22. The third kappa shape index (κ3) is 10.1. The van der Waals surface area contributed by atoms with Gasteiger partial charge in [-0.3, -0.25) is 4.99 Å². The number of ether oxygens (including phenoxy) is 1. The molecule has 3 nitrogen and oxygen atoms in total. The van der Waals surface area contributed by atoms with E-state index in [1.165, 1.54) is 27.8 Å². The van der Waals surface area contributed by atoms with Crippen molar-refractivity contribution in [2.75, 3.05) is 7.11 Å². The first-order valence-corrected chi connectivity index (χ1v) is 21.8. The summed E-state index contributed by atoms with van der Waals surface area (Å²) in [6.45, 7) is 31.5. The Balaban J connectivity index is 1.74. The van der Waals surface area contributed by atoms with Crippen molar-refractivity contribution >= 4 is 11.3 Å². The third-order valence-corrected chi connectivity index (χ3v) is 11.9. The molecule has 0 N–H and O–H groups in total. The molecule has 0 amide bonds. The lowest BCUT2D eigenvalue weighted by atomic mass is 9.85. The summed E-state index contributed by atoms with van der Waals surface area (Å²) in [4.78, 5) is 5.70. The van der Waals surface area contributed by atoms with E-state index in [2.05, 4.69) is 223 Å². The maximum absolute atomic E-state index is 6.23. The number of allylic oxidation sites excluding steroid dienone is 2. The fraction of sp³-hybridized carbons (Fsp3) is 0.328. The molecule has 6 aromatic rings. The van der Waals surface area contributed by atoms with Crippen LogP contribution in [0.1, 0.15) is 128 Å². The molecular weight excluding hydrogens is 741 g/mol. The highest BCUT2D eigenvalue weighted by atomic mass is 16.5. The average molecular weight is 809 g/mol. The first kappa shape index (κ1) is 44.9. The van der Waals surface area contributed by atoms with Gasteiger partial charge in [-0.2, -0.15) is 0 Å². The Morgan fingerprint density at radius 2 is 1.03 bits per heavy atom. The van der Waals surface area contributed by atoms with Gasteiger partial charge in [0.15, 0.2) is 0 Å². The highest BCUT2D eigenvalue weighted by Crippen LogP contribution is 2.44. The summed E-state index contributed by atoms with van der Waals surface area (Å²) in [6, 6.07) is 46.8. The van der Waals surface area contributed by atoms with Gasteiger partial charge in [0.2, 0.25) is 0 Å². The largest absolute Gasteiger partial charge is 0.496 e. The van der Waals surface area contributed by atoms with E-state index in [9.17, 15) is 0 Å². The predicted octanol–water partition coefficient (Wildman–Crippen LogP) is 15.2. The Labute approximate surface area is 368 Å². The summed E-state index contributed by atoms with van der Waals surface area (Å²) in [5.74, 6) is 0.786. The Morgan fingerprint density at radius 3 is 1.49 bits per heavy atom. The first-order valence-electron chi connectivity index (χ1n) is 21.8. The number of para-hydroxylation sites is 1. The van der Waals surface area contributed by atoms with Crippen molar-refractivity contribution in [3.8, 4) is 28.1 Å². The summed E-state index contributed by atoms with van der Waals surface area (Å²) >= 11 is 0. The first-order chi connectivity index (χ1) is 28.6. The van der Waals surface area contributed by atoms with E-state index in [1.54, 1.807) is 7.11 Å². The summed E-state index contributed by atoms with van der Waals surface area (Å²) in [5.41, 5.74) is 16.9. The highest BCUT2D eigenvalue weighted by Gasteiger charge is 2.27. The van der Waals surface area contributed by atoms with Crippen LogP contribution in [-0.2, 0) is 35.1 Å². The minimum atomic E-state index is 0.0249. The molecule has 0 saturated carbocycles. The van der Waals surface area contributed by atoms with Crippen LogP contribution in [0.4, 0.5) is 0 Å². The Bertz CT molecular complexity index is 2530. The van der Waals surface area contributed by atoms with Gasteiger partial charge < -0.3 is 9.30 Å². The fourth-order valence-corrected chi connectivity index (χ4v) is 7.98. The molecule has 0 atom stereocenters. The number of aliphatic imine (C=N–C) groups is 1. The molecule has 5 aromatic carbocycles. The maximum atomic E-state index is 6.23.